The van der Waals surface area contributed by atoms with Crippen molar-refractivity contribution >= 4 is 28.4 Å². The Kier molecular flexibility index (Phi) is 3.57. The molecule has 3 nitrogen and oxygen atoms in total. The first-order valence-corrected chi connectivity index (χ1v) is 7.66. The molecule has 3 rings (SSSR count). The minimum Gasteiger partial charge on any atom is -0.380 e. The summed E-state index contributed by atoms with van der Waals surface area (Å²) in [4.78, 5) is 9.84. The van der Waals surface area contributed by atoms with Gasteiger partial charge in [-0.2, -0.15) is 0 Å². The van der Waals surface area contributed by atoms with E-state index in [1.807, 2.05) is 24.7 Å². The van der Waals surface area contributed by atoms with Crippen LogP contribution in [0, 0.1) is 6.92 Å². The van der Waals surface area contributed by atoms with Gasteiger partial charge in [-0.15, -0.1) is 22.7 Å². The van der Waals surface area contributed by atoms with Crippen LogP contribution in [0.1, 0.15) is 9.88 Å². The van der Waals surface area contributed by atoms with Gasteiger partial charge >= 0.3 is 0 Å². The van der Waals surface area contributed by atoms with Crippen LogP contribution in [0.4, 0.5) is 5.69 Å². The molecule has 5 heteroatoms. The molecule has 0 aliphatic rings. The molecule has 0 spiro atoms. The first kappa shape index (κ1) is 12.3. The molecule has 1 N–H and O–H groups in total. The average Bonchev–Trinajstić information content (AvgIpc) is 3.08. The Hall–Kier alpha value is -1.72. The van der Waals surface area contributed by atoms with Crippen molar-refractivity contribution in [3.63, 3.8) is 0 Å². The Morgan fingerprint density at radius 3 is 2.95 bits per heavy atom. The molecule has 0 atom stereocenters. The fourth-order valence-electron chi connectivity index (χ4n) is 1.80. The number of aryl methyl sites for hydroxylation is 1. The number of aromatic nitrogens is 2. The van der Waals surface area contributed by atoms with E-state index in [1.165, 1.54) is 4.88 Å². The Labute approximate surface area is 120 Å². The van der Waals surface area contributed by atoms with Crippen molar-refractivity contribution in [3.05, 3.63) is 51.9 Å². The molecule has 0 saturated heterocycles. The van der Waals surface area contributed by atoms with Crippen LogP contribution in [0.25, 0.3) is 10.6 Å². The largest absolute Gasteiger partial charge is 0.380 e. The van der Waals surface area contributed by atoms with Crippen LogP contribution in [0.15, 0.2) is 42.0 Å². The van der Waals surface area contributed by atoms with Gasteiger partial charge in [0.15, 0.2) is 0 Å². The van der Waals surface area contributed by atoms with Crippen molar-refractivity contribution in [1.29, 1.82) is 0 Å². The van der Waals surface area contributed by atoms with E-state index in [1.54, 1.807) is 22.7 Å². The predicted octanol–water partition coefficient (Wildman–Crippen LogP) is 4.19. The average molecular weight is 287 g/mol. The molecule has 0 aliphatic carbocycles. The van der Waals surface area contributed by atoms with Gasteiger partial charge in [-0.1, -0.05) is 12.1 Å². The highest BCUT2D eigenvalue weighted by molar-refractivity contribution is 7.13. The summed E-state index contributed by atoms with van der Waals surface area (Å²) in [6.45, 7) is 2.84. The second kappa shape index (κ2) is 5.50. The number of hydrogen-bond donors (Lipinski definition) is 1. The molecule has 2 heterocycles. The van der Waals surface area contributed by atoms with E-state index in [2.05, 4.69) is 39.6 Å². The number of hydrogen-bond acceptors (Lipinski definition) is 5. The lowest BCUT2D eigenvalue weighted by atomic mass is 10.2. The Morgan fingerprint density at radius 2 is 2.21 bits per heavy atom. The fourth-order valence-corrected chi connectivity index (χ4v) is 3.17. The van der Waals surface area contributed by atoms with Crippen molar-refractivity contribution in [1.82, 2.24) is 9.97 Å². The number of anilines is 1. The zero-order chi connectivity index (χ0) is 13.1. The lowest BCUT2D eigenvalue weighted by Crippen LogP contribution is -1.97. The molecule has 0 amide bonds. The summed E-state index contributed by atoms with van der Waals surface area (Å²) in [5.41, 5.74) is 2.26. The fraction of sp³-hybridized carbons (Fsp3) is 0.143. The molecule has 3 aromatic rings. The van der Waals surface area contributed by atoms with E-state index in [-0.39, 0.29) is 0 Å². The Morgan fingerprint density at radius 1 is 1.26 bits per heavy atom. The standard InChI is InChI=1S/C14H13N3S2/c1-10-16-8-13(19-10)9-17-12-4-2-3-11(7-12)14-15-5-6-18-14/h2-8,17H,9H2,1H3. The molecule has 96 valence electrons. The van der Waals surface area contributed by atoms with E-state index in [0.29, 0.717) is 0 Å². The maximum atomic E-state index is 4.33. The van der Waals surface area contributed by atoms with E-state index in [4.69, 9.17) is 0 Å². The third kappa shape index (κ3) is 3.00. The number of benzene rings is 1. The van der Waals surface area contributed by atoms with Gasteiger partial charge in [0.25, 0.3) is 0 Å². The maximum absolute atomic E-state index is 4.33. The van der Waals surface area contributed by atoms with Crippen molar-refractivity contribution in [2.45, 2.75) is 13.5 Å². The highest BCUT2D eigenvalue weighted by Gasteiger charge is 2.02. The van der Waals surface area contributed by atoms with Gasteiger partial charge in [0, 0.05) is 33.9 Å². The van der Waals surface area contributed by atoms with Gasteiger partial charge in [-0.05, 0) is 19.1 Å². The van der Waals surface area contributed by atoms with Gasteiger partial charge in [0.2, 0.25) is 0 Å². The first-order chi connectivity index (χ1) is 9.31. The third-order valence-electron chi connectivity index (χ3n) is 2.68. The maximum Gasteiger partial charge on any atom is 0.123 e. The molecule has 19 heavy (non-hydrogen) atoms. The van der Waals surface area contributed by atoms with Gasteiger partial charge in [-0.25, -0.2) is 9.97 Å². The summed E-state index contributed by atoms with van der Waals surface area (Å²) in [6.07, 6.45) is 3.76. The van der Waals surface area contributed by atoms with E-state index >= 15 is 0 Å². The second-order valence-electron chi connectivity index (χ2n) is 4.12. The smallest absolute Gasteiger partial charge is 0.123 e. The van der Waals surface area contributed by atoms with Crippen molar-refractivity contribution in [2.24, 2.45) is 0 Å². The molecular formula is C14H13N3S2. The molecule has 1 aromatic carbocycles. The molecule has 0 unspecified atom stereocenters. The normalized spacial score (nSPS) is 10.6. The Bertz CT molecular complexity index is 659. The molecule has 0 saturated carbocycles. The Balaban J connectivity index is 1.73. The second-order valence-corrected chi connectivity index (χ2v) is 6.33. The van der Waals surface area contributed by atoms with Crippen molar-refractivity contribution in [3.8, 4) is 10.6 Å². The van der Waals surface area contributed by atoms with Crippen LogP contribution in [0.2, 0.25) is 0 Å². The molecule has 0 bridgehead atoms. The van der Waals surface area contributed by atoms with Crippen LogP contribution >= 0.6 is 22.7 Å². The van der Waals surface area contributed by atoms with Gasteiger partial charge < -0.3 is 5.32 Å². The summed E-state index contributed by atoms with van der Waals surface area (Å²) < 4.78 is 0. The minimum atomic E-state index is 0.812. The number of nitrogens with one attached hydrogen (secondary N) is 1. The SMILES string of the molecule is Cc1ncc(CNc2cccc(-c3nccs3)c2)s1. The molecule has 0 aliphatic heterocycles. The molecular weight excluding hydrogens is 274 g/mol. The molecule has 0 fully saturated rings. The highest BCUT2D eigenvalue weighted by Crippen LogP contribution is 2.24. The van der Waals surface area contributed by atoms with Crippen molar-refractivity contribution in [2.75, 3.05) is 5.32 Å². The van der Waals surface area contributed by atoms with E-state index < -0.39 is 0 Å². The quantitative estimate of drug-likeness (QED) is 0.782. The number of rotatable bonds is 4. The monoisotopic (exact) mass is 287 g/mol. The predicted molar refractivity (Wildman–Crippen MR) is 81.7 cm³/mol. The van der Waals surface area contributed by atoms with Gasteiger partial charge in [0.1, 0.15) is 5.01 Å². The van der Waals surface area contributed by atoms with E-state index in [9.17, 15) is 0 Å². The molecule has 2 aromatic heterocycles. The highest BCUT2D eigenvalue weighted by atomic mass is 32.1. The minimum absolute atomic E-state index is 0.812. The number of thiazole rings is 2. The lowest BCUT2D eigenvalue weighted by Gasteiger charge is -2.05. The van der Waals surface area contributed by atoms with Crippen LogP contribution in [-0.4, -0.2) is 9.97 Å². The lowest BCUT2D eigenvalue weighted by molar-refractivity contribution is 1.17. The zero-order valence-electron chi connectivity index (χ0n) is 10.5. The number of nitrogens with zero attached hydrogens (tertiary/aromatic N) is 2. The third-order valence-corrected chi connectivity index (χ3v) is 4.41. The summed E-state index contributed by atoms with van der Waals surface area (Å²) >= 11 is 3.38. The summed E-state index contributed by atoms with van der Waals surface area (Å²) in [5, 5.41) is 7.58. The topological polar surface area (TPSA) is 37.8 Å². The first-order valence-electron chi connectivity index (χ1n) is 5.96. The van der Waals surface area contributed by atoms with E-state index in [0.717, 1.165) is 27.8 Å². The summed E-state index contributed by atoms with van der Waals surface area (Å²) in [6, 6.07) is 8.34. The van der Waals surface area contributed by atoms with Crippen LogP contribution in [0.3, 0.4) is 0 Å². The summed E-state index contributed by atoms with van der Waals surface area (Å²) in [5.74, 6) is 0. The van der Waals surface area contributed by atoms with Crippen LogP contribution in [0.5, 0.6) is 0 Å². The zero-order valence-corrected chi connectivity index (χ0v) is 12.1. The van der Waals surface area contributed by atoms with Crippen LogP contribution < -0.4 is 5.32 Å². The van der Waals surface area contributed by atoms with Crippen molar-refractivity contribution < 1.29 is 0 Å². The summed E-state index contributed by atoms with van der Waals surface area (Å²) in [7, 11) is 0. The van der Waals surface area contributed by atoms with Crippen LogP contribution in [-0.2, 0) is 6.54 Å². The van der Waals surface area contributed by atoms with Gasteiger partial charge in [-0.3, -0.25) is 0 Å². The molecule has 0 radical (unpaired) electrons. The van der Waals surface area contributed by atoms with Gasteiger partial charge in [0.05, 0.1) is 11.6 Å².